The summed E-state index contributed by atoms with van der Waals surface area (Å²) in [6, 6.07) is 13.8. The van der Waals surface area contributed by atoms with Crippen molar-refractivity contribution in [3.05, 3.63) is 77.2 Å². The maximum absolute atomic E-state index is 13.7. The number of furan rings is 1. The molecule has 0 spiro atoms. The van der Waals surface area contributed by atoms with Gasteiger partial charge in [0.25, 0.3) is 10.0 Å². The van der Waals surface area contributed by atoms with Gasteiger partial charge in [-0.05, 0) is 73.9 Å². The van der Waals surface area contributed by atoms with E-state index in [1.807, 2.05) is 19.9 Å². The van der Waals surface area contributed by atoms with E-state index >= 15 is 0 Å². The minimum absolute atomic E-state index is 0.00740. The first-order valence-corrected chi connectivity index (χ1v) is 11.2. The van der Waals surface area contributed by atoms with Crippen molar-refractivity contribution in [3.63, 3.8) is 0 Å². The molecule has 0 unspecified atom stereocenters. The summed E-state index contributed by atoms with van der Waals surface area (Å²) in [4.78, 5) is 12.7. The number of methoxy groups -OCH3 is 1. The van der Waals surface area contributed by atoms with Crippen LogP contribution in [0, 0.1) is 20.8 Å². The third-order valence-corrected chi connectivity index (χ3v) is 6.50. The zero-order valence-electron chi connectivity index (χ0n) is 18.0. The van der Waals surface area contributed by atoms with Gasteiger partial charge in [-0.1, -0.05) is 12.1 Å². The zero-order valence-corrected chi connectivity index (χ0v) is 18.8. The summed E-state index contributed by atoms with van der Waals surface area (Å²) in [6.45, 7) is 5.34. The molecule has 3 aromatic rings. The Morgan fingerprint density at radius 3 is 2.35 bits per heavy atom. The lowest BCUT2D eigenvalue weighted by Gasteiger charge is -2.26. The summed E-state index contributed by atoms with van der Waals surface area (Å²) in [5.74, 6) is 0.344. The molecular weight excluding hydrogens is 416 g/mol. The van der Waals surface area contributed by atoms with Crippen molar-refractivity contribution in [1.82, 2.24) is 5.32 Å². The summed E-state index contributed by atoms with van der Waals surface area (Å²) in [6.07, 6.45) is 1.51. The fraction of sp³-hybridized carbons (Fsp3) is 0.261. The topological polar surface area (TPSA) is 88.9 Å². The van der Waals surface area contributed by atoms with Crippen molar-refractivity contribution in [1.29, 1.82) is 0 Å². The first-order valence-electron chi connectivity index (χ1n) is 9.75. The number of anilines is 1. The van der Waals surface area contributed by atoms with Crippen molar-refractivity contribution in [2.75, 3.05) is 18.0 Å². The van der Waals surface area contributed by atoms with Crippen LogP contribution in [0.25, 0.3) is 0 Å². The Morgan fingerprint density at radius 2 is 1.74 bits per heavy atom. The number of benzene rings is 2. The third-order valence-electron chi connectivity index (χ3n) is 4.71. The summed E-state index contributed by atoms with van der Waals surface area (Å²) in [5, 5.41) is 2.71. The van der Waals surface area contributed by atoms with E-state index in [4.69, 9.17) is 9.15 Å². The van der Waals surface area contributed by atoms with Gasteiger partial charge in [-0.2, -0.15) is 0 Å². The molecule has 1 heterocycles. The summed E-state index contributed by atoms with van der Waals surface area (Å²) in [7, 11) is -2.68. The van der Waals surface area contributed by atoms with E-state index < -0.39 is 15.9 Å². The molecule has 1 amide bonds. The molecule has 7 nitrogen and oxygen atoms in total. The van der Waals surface area contributed by atoms with E-state index in [0.29, 0.717) is 11.4 Å². The number of hydrogen-bond acceptors (Lipinski definition) is 5. The van der Waals surface area contributed by atoms with Gasteiger partial charge in [0.15, 0.2) is 0 Å². The molecule has 0 saturated heterocycles. The van der Waals surface area contributed by atoms with Gasteiger partial charge in [-0.25, -0.2) is 8.42 Å². The number of aryl methyl sites for hydroxylation is 3. The lowest BCUT2D eigenvalue weighted by molar-refractivity contribution is -0.119. The quantitative estimate of drug-likeness (QED) is 0.574. The lowest BCUT2D eigenvalue weighted by atomic mass is 10.1. The van der Waals surface area contributed by atoms with E-state index in [0.717, 1.165) is 21.0 Å². The summed E-state index contributed by atoms with van der Waals surface area (Å²) < 4.78 is 39.0. The Hall–Kier alpha value is -3.26. The molecule has 164 valence electrons. The van der Waals surface area contributed by atoms with E-state index in [1.54, 1.807) is 49.4 Å². The number of amides is 1. The van der Waals surface area contributed by atoms with Gasteiger partial charge in [-0.3, -0.25) is 9.10 Å². The van der Waals surface area contributed by atoms with Crippen LogP contribution < -0.4 is 14.4 Å². The molecule has 0 aliphatic rings. The number of carbonyl (C=O) groups is 1. The van der Waals surface area contributed by atoms with E-state index in [1.165, 1.54) is 13.4 Å². The molecule has 0 atom stereocenters. The molecule has 0 aliphatic carbocycles. The van der Waals surface area contributed by atoms with Crippen LogP contribution in [-0.2, 0) is 21.4 Å². The van der Waals surface area contributed by atoms with Crippen molar-refractivity contribution in [2.24, 2.45) is 0 Å². The molecule has 1 aromatic heterocycles. The molecule has 0 fully saturated rings. The standard InChI is InChI=1S/C23H26N2O5S/c1-16-7-8-21(29-4)22(13-16)31(27,28)25(19-11-17(2)10-18(3)12-19)15-23(26)24-14-20-6-5-9-30-20/h5-13H,14-15H2,1-4H3,(H,24,26). The minimum atomic E-state index is -4.10. The highest BCUT2D eigenvalue weighted by Crippen LogP contribution is 2.31. The van der Waals surface area contributed by atoms with Crippen LogP contribution in [0.5, 0.6) is 5.75 Å². The van der Waals surface area contributed by atoms with Gasteiger partial charge in [0.1, 0.15) is 22.9 Å². The van der Waals surface area contributed by atoms with Crippen molar-refractivity contribution in [2.45, 2.75) is 32.2 Å². The zero-order chi connectivity index (χ0) is 22.6. The first kappa shape index (κ1) is 22.4. The SMILES string of the molecule is COc1ccc(C)cc1S(=O)(=O)N(CC(=O)NCc1ccco1)c1cc(C)cc(C)c1. The Morgan fingerprint density at radius 1 is 1.03 bits per heavy atom. The Labute approximate surface area is 182 Å². The van der Waals surface area contributed by atoms with E-state index in [-0.39, 0.29) is 23.7 Å². The summed E-state index contributed by atoms with van der Waals surface area (Å²) in [5.41, 5.74) is 2.96. The molecule has 2 aromatic carbocycles. The fourth-order valence-corrected chi connectivity index (χ4v) is 4.95. The second-order valence-electron chi connectivity index (χ2n) is 7.37. The molecule has 0 saturated carbocycles. The van der Waals surface area contributed by atoms with Gasteiger partial charge in [0.05, 0.1) is 25.6 Å². The smallest absolute Gasteiger partial charge is 0.268 e. The monoisotopic (exact) mass is 442 g/mol. The van der Waals surface area contributed by atoms with E-state index in [2.05, 4.69) is 5.32 Å². The second-order valence-corrected chi connectivity index (χ2v) is 9.20. The number of rotatable bonds is 8. The number of carbonyl (C=O) groups excluding carboxylic acids is 1. The highest BCUT2D eigenvalue weighted by molar-refractivity contribution is 7.93. The number of hydrogen-bond donors (Lipinski definition) is 1. The lowest BCUT2D eigenvalue weighted by Crippen LogP contribution is -2.40. The first-order chi connectivity index (χ1) is 14.7. The van der Waals surface area contributed by atoms with E-state index in [9.17, 15) is 13.2 Å². The molecule has 3 rings (SSSR count). The second kappa shape index (κ2) is 9.26. The molecule has 31 heavy (non-hydrogen) atoms. The molecular formula is C23H26N2O5S. The van der Waals surface area contributed by atoms with Gasteiger partial charge in [0, 0.05) is 0 Å². The average Bonchev–Trinajstić information content (AvgIpc) is 3.23. The van der Waals surface area contributed by atoms with Crippen LogP contribution >= 0.6 is 0 Å². The Bertz CT molecular complexity index is 1150. The maximum Gasteiger partial charge on any atom is 0.268 e. The van der Waals surface area contributed by atoms with Gasteiger partial charge in [0.2, 0.25) is 5.91 Å². The molecule has 0 bridgehead atoms. The molecule has 0 radical (unpaired) electrons. The number of sulfonamides is 1. The Balaban J connectivity index is 2.01. The largest absolute Gasteiger partial charge is 0.495 e. The van der Waals surface area contributed by atoms with Gasteiger partial charge >= 0.3 is 0 Å². The fourth-order valence-electron chi connectivity index (χ4n) is 3.30. The van der Waals surface area contributed by atoms with Crippen LogP contribution in [-0.4, -0.2) is 28.0 Å². The number of ether oxygens (including phenoxy) is 1. The molecule has 0 aliphatic heterocycles. The van der Waals surface area contributed by atoms with Gasteiger partial charge in [-0.15, -0.1) is 0 Å². The number of nitrogens with zero attached hydrogens (tertiary/aromatic N) is 1. The van der Waals surface area contributed by atoms with Crippen LogP contribution in [0.1, 0.15) is 22.5 Å². The van der Waals surface area contributed by atoms with Crippen LogP contribution in [0.3, 0.4) is 0 Å². The molecule has 1 N–H and O–H groups in total. The highest BCUT2D eigenvalue weighted by Gasteiger charge is 2.30. The predicted molar refractivity (Wildman–Crippen MR) is 119 cm³/mol. The van der Waals surface area contributed by atoms with Gasteiger partial charge < -0.3 is 14.5 Å². The molecule has 8 heteroatoms. The predicted octanol–water partition coefficient (Wildman–Crippen LogP) is 3.73. The van der Waals surface area contributed by atoms with Crippen LogP contribution in [0.2, 0.25) is 0 Å². The number of nitrogens with one attached hydrogen (secondary N) is 1. The minimum Gasteiger partial charge on any atom is -0.495 e. The average molecular weight is 443 g/mol. The highest BCUT2D eigenvalue weighted by atomic mass is 32.2. The van der Waals surface area contributed by atoms with Crippen molar-refractivity contribution < 1.29 is 22.4 Å². The maximum atomic E-state index is 13.7. The van der Waals surface area contributed by atoms with Crippen LogP contribution in [0.4, 0.5) is 5.69 Å². The third kappa shape index (κ3) is 5.27. The van der Waals surface area contributed by atoms with Crippen LogP contribution in [0.15, 0.2) is 64.1 Å². The van der Waals surface area contributed by atoms with Crippen molar-refractivity contribution >= 4 is 21.6 Å². The summed E-state index contributed by atoms with van der Waals surface area (Å²) >= 11 is 0. The Kier molecular flexibility index (Phi) is 6.70. The van der Waals surface area contributed by atoms with Crippen molar-refractivity contribution in [3.8, 4) is 5.75 Å². The normalized spacial score (nSPS) is 11.2.